The van der Waals surface area contributed by atoms with Crippen LogP contribution in [0.5, 0.6) is 0 Å². The summed E-state index contributed by atoms with van der Waals surface area (Å²) in [4.78, 5) is 14.2. The lowest BCUT2D eigenvalue weighted by molar-refractivity contribution is 0.0489. The minimum Gasteiger partial charge on any atom is -0.444 e. The zero-order valence-corrected chi connectivity index (χ0v) is 15.1. The number of hydrogen-bond acceptors (Lipinski definition) is 4. The molecule has 0 heterocycles. The summed E-state index contributed by atoms with van der Waals surface area (Å²) in [6.45, 7) is 14.5. The fraction of sp³-hybridized carbons (Fsp3) is 0.941. The Morgan fingerprint density at radius 2 is 1.64 bits per heavy atom. The van der Waals surface area contributed by atoms with Crippen LogP contribution >= 0.6 is 0 Å². The van der Waals surface area contributed by atoms with E-state index in [9.17, 15) is 4.79 Å². The van der Waals surface area contributed by atoms with E-state index in [1.54, 1.807) is 0 Å². The predicted molar refractivity (Wildman–Crippen MR) is 91.2 cm³/mol. The molecule has 0 aromatic carbocycles. The quantitative estimate of drug-likeness (QED) is 0.759. The van der Waals surface area contributed by atoms with Gasteiger partial charge in [0.25, 0.3) is 0 Å². The molecular formula is C17H35N3O2. The summed E-state index contributed by atoms with van der Waals surface area (Å²) in [6.07, 6.45) is 4.02. The highest BCUT2D eigenvalue weighted by molar-refractivity contribution is 5.68. The van der Waals surface area contributed by atoms with Gasteiger partial charge in [0.15, 0.2) is 0 Å². The molecule has 0 saturated heterocycles. The van der Waals surface area contributed by atoms with E-state index in [4.69, 9.17) is 4.74 Å². The number of alkyl carbamates (subject to hydrolysis) is 1. The first kappa shape index (κ1) is 19.2. The van der Waals surface area contributed by atoms with Gasteiger partial charge in [0.05, 0.1) is 0 Å². The second-order valence-corrected chi connectivity index (χ2v) is 7.18. The minimum atomic E-state index is -0.423. The molecule has 0 aromatic rings. The number of hydrogen-bond donors (Lipinski definition) is 2. The van der Waals surface area contributed by atoms with Crippen LogP contribution in [0.4, 0.5) is 4.79 Å². The molecule has 2 N–H and O–H groups in total. The summed E-state index contributed by atoms with van der Waals surface area (Å²) in [7, 11) is 0. The first-order chi connectivity index (χ1) is 10.3. The Labute approximate surface area is 136 Å². The molecule has 0 bridgehead atoms. The average Bonchev–Trinajstić information content (AvgIpc) is 2.43. The Bertz CT molecular complexity index is 316. The second kappa shape index (κ2) is 9.36. The molecule has 5 nitrogen and oxygen atoms in total. The highest BCUT2D eigenvalue weighted by Crippen LogP contribution is 2.19. The molecule has 0 radical (unpaired) electrons. The zero-order valence-electron chi connectivity index (χ0n) is 15.1. The van der Waals surface area contributed by atoms with Crippen LogP contribution < -0.4 is 10.6 Å². The molecule has 130 valence electrons. The SMILES string of the molecule is CCN(CC)CCNC1CCC(NC(=O)OC(C)(C)C)CC1. The van der Waals surface area contributed by atoms with Gasteiger partial charge >= 0.3 is 6.09 Å². The lowest BCUT2D eigenvalue weighted by Gasteiger charge is -2.31. The van der Waals surface area contributed by atoms with Crippen molar-refractivity contribution in [3.63, 3.8) is 0 Å². The molecule has 0 spiro atoms. The summed E-state index contributed by atoms with van der Waals surface area (Å²) in [5.74, 6) is 0. The van der Waals surface area contributed by atoms with Gasteiger partial charge in [0.2, 0.25) is 0 Å². The number of amides is 1. The maximum atomic E-state index is 11.8. The lowest BCUT2D eigenvalue weighted by Crippen LogP contribution is -2.45. The first-order valence-electron chi connectivity index (χ1n) is 8.79. The largest absolute Gasteiger partial charge is 0.444 e. The van der Waals surface area contributed by atoms with Gasteiger partial charge in [-0.2, -0.15) is 0 Å². The zero-order chi connectivity index (χ0) is 16.6. The van der Waals surface area contributed by atoms with Crippen molar-refractivity contribution in [2.75, 3.05) is 26.2 Å². The van der Waals surface area contributed by atoms with Crippen LogP contribution in [0.3, 0.4) is 0 Å². The van der Waals surface area contributed by atoms with Crippen molar-refractivity contribution in [2.24, 2.45) is 0 Å². The molecule has 1 saturated carbocycles. The van der Waals surface area contributed by atoms with E-state index in [0.29, 0.717) is 6.04 Å². The van der Waals surface area contributed by atoms with Crippen LogP contribution in [0.2, 0.25) is 0 Å². The van der Waals surface area contributed by atoms with Crippen LogP contribution in [-0.4, -0.2) is 54.9 Å². The molecule has 22 heavy (non-hydrogen) atoms. The summed E-state index contributed by atoms with van der Waals surface area (Å²) < 4.78 is 5.31. The number of nitrogens with one attached hydrogen (secondary N) is 2. The van der Waals surface area contributed by atoms with Crippen molar-refractivity contribution in [1.29, 1.82) is 0 Å². The van der Waals surface area contributed by atoms with E-state index in [1.165, 1.54) is 0 Å². The maximum absolute atomic E-state index is 11.8. The van der Waals surface area contributed by atoms with Gasteiger partial charge in [-0.05, 0) is 59.5 Å². The van der Waals surface area contributed by atoms with Crippen LogP contribution in [-0.2, 0) is 4.74 Å². The summed E-state index contributed by atoms with van der Waals surface area (Å²) >= 11 is 0. The van der Waals surface area contributed by atoms with Crippen LogP contribution in [0, 0.1) is 0 Å². The Balaban J connectivity index is 2.17. The number of ether oxygens (including phenoxy) is 1. The van der Waals surface area contributed by atoms with Gasteiger partial charge in [0, 0.05) is 25.2 Å². The standard InChI is InChI=1S/C17H35N3O2/c1-6-20(7-2)13-12-18-14-8-10-15(11-9-14)19-16(21)22-17(3,4)5/h14-15,18H,6-13H2,1-5H3,(H,19,21). The second-order valence-electron chi connectivity index (χ2n) is 7.18. The number of likely N-dealkylation sites (N-methyl/N-ethyl adjacent to an activating group) is 1. The Kier molecular flexibility index (Phi) is 8.18. The third-order valence-electron chi connectivity index (χ3n) is 4.20. The molecule has 1 aliphatic carbocycles. The van der Waals surface area contributed by atoms with E-state index >= 15 is 0 Å². The molecule has 0 unspecified atom stereocenters. The van der Waals surface area contributed by atoms with Crippen LogP contribution in [0.25, 0.3) is 0 Å². The van der Waals surface area contributed by atoms with Crippen molar-refractivity contribution in [3.05, 3.63) is 0 Å². The van der Waals surface area contributed by atoms with Gasteiger partial charge in [-0.25, -0.2) is 4.79 Å². The Morgan fingerprint density at radius 1 is 1.09 bits per heavy atom. The third kappa shape index (κ3) is 7.99. The van der Waals surface area contributed by atoms with Gasteiger partial charge in [0.1, 0.15) is 5.60 Å². The fourth-order valence-electron chi connectivity index (χ4n) is 2.88. The van der Waals surface area contributed by atoms with Gasteiger partial charge < -0.3 is 20.3 Å². The molecule has 5 heteroatoms. The Hall–Kier alpha value is -0.810. The van der Waals surface area contributed by atoms with Gasteiger partial charge in [-0.3, -0.25) is 0 Å². The van der Waals surface area contributed by atoms with Crippen molar-refractivity contribution in [2.45, 2.75) is 78.0 Å². The third-order valence-corrected chi connectivity index (χ3v) is 4.20. The van der Waals surface area contributed by atoms with Gasteiger partial charge in [-0.15, -0.1) is 0 Å². The number of nitrogens with zero attached hydrogens (tertiary/aromatic N) is 1. The molecule has 0 atom stereocenters. The van der Waals surface area contributed by atoms with Crippen molar-refractivity contribution in [1.82, 2.24) is 15.5 Å². The Morgan fingerprint density at radius 3 is 2.14 bits per heavy atom. The molecule has 0 aromatic heterocycles. The predicted octanol–water partition coefficient (Wildman–Crippen LogP) is 2.75. The van der Waals surface area contributed by atoms with Crippen LogP contribution in [0.15, 0.2) is 0 Å². The van der Waals surface area contributed by atoms with E-state index in [0.717, 1.165) is 51.9 Å². The summed E-state index contributed by atoms with van der Waals surface area (Å²) in [5, 5.41) is 6.64. The number of carbonyl (C=O) groups is 1. The average molecular weight is 313 g/mol. The number of rotatable bonds is 7. The molecule has 1 rings (SSSR count). The highest BCUT2D eigenvalue weighted by Gasteiger charge is 2.24. The minimum absolute atomic E-state index is 0.260. The van der Waals surface area contributed by atoms with E-state index < -0.39 is 5.60 Å². The fourth-order valence-corrected chi connectivity index (χ4v) is 2.88. The van der Waals surface area contributed by atoms with E-state index in [2.05, 4.69) is 29.4 Å². The lowest BCUT2D eigenvalue weighted by atomic mass is 9.91. The first-order valence-corrected chi connectivity index (χ1v) is 8.79. The number of carbonyl (C=O) groups excluding carboxylic acids is 1. The van der Waals surface area contributed by atoms with Gasteiger partial charge in [-0.1, -0.05) is 13.8 Å². The summed E-state index contributed by atoms with van der Waals surface area (Å²) in [6, 6.07) is 0.850. The normalized spacial score (nSPS) is 22.6. The summed E-state index contributed by atoms with van der Waals surface area (Å²) in [5.41, 5.74) is -0.423. The van der Waals surface area contributed by atoms with Crippen molar-refractivity contribution in [3.8, 4) is 0 Å². The molecule has 1 amide bonds. The van der Waals surface area contributed by atoms with Crippen molar-refractivity contribution >= 4 is 6.09 Å². The molecule has 1 aliphatic rings. The van der Waals surface area contributed by atoms with Crippen LogP contribution in [0.1, 0.15) is 60.3 Å². The monoisotopic (exact) mass is 313 g/mol. The molecule has 0 aliphatic heterocycles. The van der Waals surface area contributed by atoms with Crippen molar-refractivity contribution < 1.29 is 9.53 Å². The topological polar surface area (TPSA) is 53.6 Å². The maximum Gasteiger partial charge on any atom is 0.407 e. The smallest absolute Gasteiger partial charge is 0.407 e. The van der Waals surface area contributed by atoms with E-state index in [1.807, 2.05) is 20.8 Å². The molecular weight excluding hydrogens is 278 g/mol. The highest BCUT2D eigenvalue weighted by atomic mass is 16.6. The molecule has 1 fully saturated rings. The van der Waals surface area contributed by atoms with E-state index in [-0.39, 0.29) is 12.1 Å².